The van der Waals surface area contributed by atoms with Crippen LogP contribution in [0.4, 0.5) is 4.79 Å². The highest BCUT2D eigenvalue weighted by Gasteiger charge is 2.51. The van der Waals surface area contributed by atoms with Gasteiger partial charge in [0.25, 0.3) is 5.91 Å². The highest BCUT2D eigenvalue weighted by Crippen LogP contribution is 2.33. The molecule has 1 unspecified atom stereocenters. The summed E-state index contributed by atoms with van der Waals surface area (Å²) in [5.74, 6) is -1.34. The first-order chi connectivity index (χ1) is 13.8. The number of ether oxygens (including phenoxy) is 1. The van der Waals surface area contributed by atoms with Crippen molar-refractivity contribution < 1.29 is 23.9 Å². The van der Waals surface area contributed by atoms with E-state index in [1.807, 2.05) is 6.07 Å². The Labute approximate surface area is 177 Å². The molecule has 1 saturated heterocycles. The van der Waals surface area contributed by atoms with E-state index in [9.17, 15) is 19.2 Å². The lowest BCUT2D eigenvalue weighted by Gasteiger charge is -2.30. The molecule has 1 spiro atoms. The van der Waals surface area contributed by atoms with E-state index in [0.717, 1.165) is 28.6 Å². The Morgan fingerprint density at radius 1 is 1.28 bits per heavy atom. The zero-order chi connectivity index (χ0) is 21.0. The summed E-state index contributed by atoms with van der Waals surface area (Å²) in [4.78, 5) is 50.6. The van der Waals surface area contributed by atoms with Gasteiger partial charge in [-0.1, -0.05) is 47.3 Å². The number of nitrogens with one attached hydrogen (secondary N) is 2. The van der Waals surface area contributed by atoms with Crippen molar-refractivity contribution in [2.75, 3.05) is 13.7 Å². The molecule has 156 valence electrons. The van der Waals surface area contributed by atoms with Gasteiger partial charge in [-0.25, -0.2) is 4.79 Å². The van der Waals surface area contributed by atoms with Gasteiger partial charge in [-0.2, -0.15) is 0 Å². The highest BCUT2D eigenvalue weighted by atomic mass is 79.9. The number of hydrogen-bond donors (Lipinski definition) is 2. The van der Waals surface area contributed by atoms with E-state index in [1.54, 1.807) is 18.2 Å². The number of carbonyl (C=O) groups is 4. The minimum atomic E-state index is -0.870. The number of carbonyl (C=O) groups excluding carboxylic acids is 4. The highest BCUT2D eigenvalue weighted by molar-refractivity contribution is 9.10. The van der Waals surface area contributed by atoms with Crippen LogP contribution in [0.15, 0.2) is 28.7 Å². The van der Waals surface area contributed by atoms with E-state index in [1.165, 1.54) is 7.11 Å². The number of esters is 1. The molecule has 1 aliphatic carbocycles. The van der Waals surface area contributed by atoms with Gasteiger partial charge in [0.15, 0.2) is 0 Å². The Bertz CT molecular complexity index is 822. The number of nitrogens with zero attached hydrogens (tertiary/aromatic N) is 1. The third-order valence-corrected chi connectivity index (χ3v) is 5.93. The second-order valence-corrected chi connectivity index (χ2v) is 8.34. The van der Waals surface area contributed by atoms with Crippen LogP contribution in [0, 0.1) is 0 Å². The largest absolute Gasteiger partial charge is 0.469 e. The number of amides is 4. The average Bonchev–Trinajstić information content (AvgIpc) is 2.91. The first kappa shape index (κ1) is 21.3. The molecule has 4 amide bonds. The van der Waals surface area contributed by atoms with Crippen molar-refractivity contribution in [1.82, 2.24) is 15.5 Å². The predicted molar refractivity (Wildman–Crippen MR) is 108 cm³/mol. The molecular formula is C20H24BrN3O5. The van der Waals surface area contributed by atoms with Gasteiger partial charge in [0, 0.05) is 4.47 Å². The molecule has 1 aliphatic heterocycles. The second kappa shape index (κ2) is 8.94. The number of methoxy groups -OCH3 is 1. The lowest BCUT2D eigenvalue weighted by molar-refractivity contribution is -0.141. The summed E-state index contributed by atoms with van der Waals surface area (Å²) in [6, 6.07) is 6.01. The molecule has 2 aliphatic rings. The van der Waals surface area contributed by atoms with Crippen molar-refractivity contribution in [3.63, 3.8) is 0 Å². The predicted octanol–water partition coefficient (Wildman–Crippen LogP) is 2.42. The molecule has 8 nitrogen and oxygen atoms in total. The third kappa shape index (κ3) is 4.77. The standard InChI is InChI=1S/C20H24BrN3O5/c1-29-17(26)11-15(13-6-5-7-14(21)10-13)22-16(25)12-24-18(27)20(23-19(24)28)8-3-2-4-9-20/h5-7,10,15H,2-4,8-9,11-12H2,1H3,(H,22,25)(H,23,28). The number of rotatable bonds is 6. The Morgan fingerprint density at radius 3 is 2.66 bits per heavy atom. The van der Waals surface area contributed by atoms with Gasteiger partial charge < -0.3 is 15.4 Å². The normalized spacial score (nSPS) is 19.0. The van der Waals surface area contributed by atoms with Crippen LogP contribution in [0.3, 0.4) is 0 Å². The maximum Gasteiger partial charge on any atom is 0.325 e. The summed E-state index contributed by atoms with van der Waals surface area (Å²) in [6.45, 7) is -0.391. The number of hydrogen-bond acceptors (Lipinski definition) is 5. The fourth-order valence-corrected chi connectivity index (χ4v) is 4.34. The van der Waals surface area contributed by atoms with Gasteiger partial charge in [0.05, 0.1) is 19.6 Å². The molecule has 1 aromatic rings. The molecular weight excluding hydrogens is 442 g/mol. The summed E-state index contributed by atoms with van der Waals surface area (Å²) in [7, 11) is 1.28. The van der Waals surface area contributed by atoms with Crippen LogP contribution < -0.4 is 10.6 Å². The van der Waals surface area contributed by atoms with Gasteiger partial charge in [-0.3, -0.25) is 19.3 Å². The molecule has 0 aromatic heterocycles. The number of benzene rings is 1. The van der Waals surface area contributed by atoms with Crippen molar-refractivity contribution in [2.24, 2.45) is 0 Å². The molecule has 1 aromatic carbocycles. The van der Waals surface area contributed by atoms with Crippen LogP contribution in [-0.4, -0.2) is 47.9 Å². The molecule has 29 heavy (non-hydrogen) atoms. The molecule has 1 atom stereocenters. The van der Waals surface area contributed by atoms with Crippen molar-refractivity contribution in [2.45, 2.75) is 50.1 Å². The fraction of sp³-hybridized carbons (Fsp3) is 0.500. The Kier molecular flexibility index (Phi) is 6.56. The number of imide groups is 1. The molecule has 2 fully saturated rings. The van der Waals surface area contributed by atoms with Gasteiger partial charge in [0.2, 0.25) is 5.91 Å². The van der Waals surface area contributed by atoms with E-state index in [2.05, 4.69) is 26.6 Å². The van der Waals surface area contributed by atoms with Crippen molar-refractivity contribution in [3.8, 4) is 0 Å². The average molecular weight is 466 g/mol. The summed E-state index contributed by atoms with van der Waals surface area (Å²) in [5, 5.41) is 5.54. The SMILES string of the molecule is COC(=O)CC(NC(=O)CN1C(=O)NC2(CCCCC2)C1=O)c1cccc(Br)c1. The van der Waals surface area contributed by atoms with E-state index in [4.69, 9.17) is 4.74 Å². The molecule has 1 heterocycles. The zero-order valence-corrected chi connectivity index (χ0v) is 17.8. The van der Waals surface area contributed by atoms with Crippen LogP contribution in [0.1, 0.15) is 50.1 Å². The van der Waals surface area contributed by atoms with E-state index < -0.39 is 36.0 Å². The third-order valence-electron chi connectivity index (χ3n) is 5.44. The maximum absolute atomic E-state index is 12.8. The van der Waals surface area contributed by atoms with Crippen LogP contribution in [-0.2, 0) is 19.1 Å². The second-order valence-electron chi connectivity index (χ2n) is 7.42. The van der Waals surface area contributed by atoms with Gasteiger partial charge >= 0.3 is 12.0 Å². The van der Waals surface area contributed by atoms with Crippen molar-refractivity contribution >= 4 is 39.7 Å². The van der Waals surface area contributed by atoms with Gasteiger partial charge in [-0.15, -0.1) is 0 Å². The topological polar surface area (TPSA) is 105 Å². The first-order valence-corrected chi connectivity index (χ1v) is 10.4. The van der Waals surface area contributed by atoms with Crippen LogP contribution in [0.2, 0.25) is 0 Å². The summed E-state index contributed by atoms with van der Waals surface area (Å²) in [6.07, 6.45) is 3.90. The molecule has 0 bridgehead atoms. The molecule has 3 rings (SSSR count). The first-order valence-electron chi connectivity index (χ1n) is 9.60. The minimum absolute atomic E-state index is 0.0667. The Balaban J connectivity index is 1.70. The minimum Gasteiger partial charge on any atom is -0.469 e. The number of urea groups is 1. The van der Waals surface area contributed by atoms with E-state index >= 15 is 0 Å². The smallest absolute Gasteiger partial charge is 0.325 e. The summed E-state index contributed by atoms with van der Waals surface area (Å²) < 4.78 is 5.52. The van der Waals surface area contributed by atoms with Crippen molar-refractivity contribution in [1.29, 1.82) is 0 Å². The van der Waals surface area contributed by atoms with Crippen LogP contribution in [0.25, 0.3) is 0 Å². The Morgan fingerprint density at radius 2 is 2.00 bits per heavy atom. The fourth-order valence-electron chi connectivity index (χ4n) is 3.92. The molecule has 1 saturated carbocycles. The zero-order valence-electron chi connectivity index (χ0n) is 16.2. The summed E-state index contributed by atoms with van der Waals surface area (Å²) >= 11 is 3.37. The lowest BCUT2D eigenvalue weighted by atomic mass is 9.82. The van der Waals surface area contributed by atoms with Crippen molar-refractivity contribution in [3.05, 3.63) is 34.3 Å². The van der Waals surface area contributed by atoms with E-state index in [-0.39, 0.29) is 12.3 Å². The summed E-state index contributed by atoms with van der Waals surface area (Å²) in [5.41, 5.74) is -0.162. The maximum atomic E-state index is 12.8. The molecule has 9 heteroatoms. The van der Waals surface area contributed by atoms with E-state index in [0.29, 0.717) is 18.4 Å². The number of halogens is 1. The molecule has 2 N–H and O–H groups in total. The van der Waals surface area contributed by atoms with Gasteiger partial charge in [-0.05, 0) is 30.5 Å². The quantitative estimate of drug-likeness (QED) is 0.495. The van der Waals surface area contributed by atoms with Crippen LogP contribution >= 0.6 is 15.9 Å². The monoisotopic (exact) mass is 465 g/mol. The van der Waals surface area contributed by atoms with Crippen LogP contribution in [0.5, 0.6) is 0 Å². The molecule has 0 radical (unpaired) electrons. The lowest BCUT2D eigenvalue weighted by Crippen LogP contribution is -2.49. The Hall–Kier alpha value is -2.42. The van der Waals surface area contributed by atoms with Gasteiger partial charge in [0.1, 0.15) is 12.1 Å².